The fourth-order valence-electron chi connectivity index (χ4n) is 3.70. The predicted octanol–water partition coefficient (Wildman–Crippen LogP) is 2.48. The summed E-state index contributed by atoms with van der Waals surface area (Å²) in [6.07, 6.45) is 0. The minimum atomic E-state index is -0.0606. The highest BCUT2D eigenvalue weighted by Crippen LogP contribution is 2.40. The van der Waals surface area contributed by atoms with Crippen LogP contribution in [0.2, 0.25) is 5.02 Å². The standard InChI is InChI=1S/C16H17ClN2O3/c1-18-6-16(7-18)8-19(9-16)15(20)13-4-10-3-11(17)5-12(21-2)14(10)22-13/h3-5H,6-9H2,1-2H3. The second-order valence-corrected chi connectivity index (χ2v) is 6.91. The maximum Gasteiger partial charge on any atom is 0.289 e. The van der Waals surface area contributed by atoms with Gasteiger partial charge in [-0.3, -0.25) is 4.79 Å². The third-order valence-electron chi connectivity index (χ3n) is 4.53. The summed E-state index contributed by atoms with van der Waals surface area (Å²) >= 11 is 6.05. The lowest BCUT2D eigenvalue weighted by Gasteiger charge is -2.59. The molecular formula is C16H17ClN2O3. The summed E-state index contributed by atoms with van der Waals surface area (Å²) < 4.78 is 11.0. The number of ether oxygens (including phenoxy) is 1. The van der Waals surface area contributed by atoms with Gasteiger partial charge >= 0.3 is 0 Å². The number of carbonyl (C=O) groups is 1. The van der Waals surface area contributed by atoms with Gasteiger partial charge < -0.3 is 19.0 Å². The van der Waals surface area contributed by atoms with Gasteiger partial charge in [0.05, 0.1) is 7.11 Å². The zero-order valence-electron chi connectivity index (χ0n) is 12.6. The zero-order valence-corrected chi connectivity index (χ0v) is 13.3. The normalized spacial score (nSPS) is 20.0. The molecule has 0 N–H and O–H groups in total. The molecular weight excluding hydrogens is 304 g/mol. The molecule has 4 rings (SSSR count). The monoisotopic (exact) mass is 320 g/mol. The van der Waals surface area contributed by atoms with Crippen molar-refractivity contribution in [2.24, 2.45) is 5.41 Å². The van der Waals surface area contributed by atoms with Crippen molar-refractivity contribution in [3.8, 4) is 5.75 Å². The first-order valence-electron chi connectivity index (χ1n) is 7.25. The van der Waals surface area contributed by atoms with Crippen molar-refractivity contribution in [2.75, 3.05) is 40.3 Å². The van der Waals surface area contributed by atoms with Gasteiger partial charge in [-0.2, -0.15) is 0 Å². The van der Waals surface area contributed by atoms with Gasteiger partial charge in [0.1, 0.15) is 0 Å². The summed E-state index contributed by atoms with van der Waals surface area (Å²) in [6, 6.07) is 5.20. The predicted molar refractivity (Wildman–Crippen MR) is 83.6 cm³/mol. The highest BCUT2D eigenvalue weighted by Gasteiger charge is 2.52. The first-order valence-corrected chi connectivity index (χ1v) is 7.62. The number of nitrogens with zero attached hydrogens (tertiary/aromatic N) is 2. The molecule has 2 aliphatic heterocycles. The second-order valence-electron chi connectivity index (χ2n) is 6.47. The van der Waals surface area contributed by atoms with Gasteiger partial charge in [-0.15, -0.1) is 0 Å². The minimum absolute atomic E-state index is 0.0606. The fraction of sp³-hybridized carbons (Fsp3) is 0.438. The molecule has 2 fully saturated rings. The highest BCUT2D eigenvalue weighted by molar-refractivity contribution is 6.31. The Morgan fingerprint density at radius 2 is 2.00 bits per heavy atom. The van der Waals surface area contributed by atoms with Crippen molar-refractivity contribution < 1.29 is 13.9 Å². The Morgan fingerprint density at radius 3 is 2.64 bits per heavy atom. The summed E-state index contributed by atoms with van der Waals surface area (Å²) in [7, 11) is 3.66. The maximum atomic E-state index is 12.5. The summed E-state index contributed by atoms with van der Waals surface area (Å²) in [6.45, 7) is 3.76. The summed E-state index contributed by atoms with van der Waals surface area (Å²) in [5, 5.41) is 1.34. The van der Waals surface area contributed by atoms with E-state index in [4.69, 9.17) is 20.8 Å². The van der Waals surface area contributed by atoms with Crippen molar-refractivity contribution in [1.82, 2.24) is 9.80 Å². The largest absolute Gasteiger partial charge is 0.493 e. The molecule has 1 amide bonds. The lowest BCUT2D eigenvalue weighted by atomic mass is 9.73. The van der Waals surface area contributed by atoms with Crippen molar-refractivity contribution >= 4 is 28.5 Å². The minimum Gasteiger partial charge on any atom is -0.493 e. The molecule has 5 nitrogen and oxygen atoms in total. The van der Waals surface area contributed by atoms with Gasteiger partial charge in [0.2, 0.25) is 0 Å². The van der Waals surface area contributed by atoms with Crippen LogP contribution in [0.3, 0.4) is 0 Å². The van der Waals surface area contributed by atoms with Gasteiger partial charge in [0.15, 0.2) is 17.1 Å². The lowest BCUT2D eigenvalue weighted by molar-refractivity contribution is -0.0879. The Kier molecular flexibility index (Phi) is 2.93. The van der Waals surface area contributed by atoms with Crippen molar-refractivity contribution in [3.05, 3.63) is 29.0 Å². The van der Waals surface area contributed by atoms with Crippen LogP contribution in [0, 0.1) is 5.41 Å². The third kappa shape index (κ3) is 2.00. The molecule has 2 aliphatic rings. The van der Waals surface area contributed by atoms with Crippen molar-refractivity contribution in [2.45, 2.75) is 0 Å². The maximum absolute atomic E-state index is 12.5. The van der Waals surface area contributed by atoms with Crippen LogP contribution in [-0.4, -0.2) is 56.0 Å². The van der Waals surface area contributed by atoms with E-state index < -0.39 is 0 Å². The number of hydrogen-bond acceptors (Lipinski definition) is 4. The fourth-order valence-corrected chi connectivity index (χ4v) is 3.92. The Morgan fingerprint density at radius 1 is 1.27 bits per heavy atom. The quantitative estimate of drug-likeness (QED) is 0.853. The molecule has 2 aromatic rings. The molecule has 0 radical (unpaired) electrons. The number of amides is 1. The van der Waals surface area contributed by atoms with Gasteiger partial charge in [0.25, 0.3) is 5.91 Å². The number of furan rings is 1. The molecule has 116 valence electrons. The van der Waals surface area contributed by atoms with Crippen LogP contribution < -0.4 is 4.74 Å². The van der Waals surface area contributed by atoms with Crippen LogP contribution in [0.1, 0.15) is 10.6 Å². The molecule has 0 bridgehead atoms. The van der Waals surface area contributed by atoms with Crippen LogP contribution in [-0.2, 0) is 0 Å². The molecule has 2 saturated heterocycles. The van der Waals surface area contributed by atoms with E-state index in [1.807, 2.05) is 4.90 Å². The van der Waals surface area contributed by atoms with E-state index in [9.17, 15) is 4.79 Å². The zero-order chi connectivity index (χ0) is 15.5. The summed E-state index contributed by atoms with van der Waals surface area (Å²) in [5.41, 5.74) is 0.881. The van der Waals surface area contributed by atoms with Gasteiger partial charge in [0, 0.05) is 48.1 Å². The summed E-state index contributed by atoms with van der Waals surface area (Å²) in [5.74, 6) is 0.829. The SMILES string of the molecule is COc1cc(Cl)cc2cc(C(=O)N3CC4(CN(C)C4)C3)oc12. The molecule has 1 aromatic carbocycles. The number of hydrogen-bond donors (Lipinski definition) is 0. The third-order valence-corrected chi connectivity index (χ3v) is 4.75. The number of likely N-dealkylation sites (tertiary alicyclic amines) is 2. The average molecular weight is 321 g/mol. The molecule has 1 aromatic heterocycles. The Hall–Kier alpha value is -1.72. The first kappa shape index (κ1) is 13.9. The average Bonchev–Trinajstić information content (AvgIpc) is 2.83. The first-order chi connectivity index (χ1) is 10.5. The van der Waals surface area contributed by atoms with E-state index in [1.165, 1.54) is 0 Å². The highest BCUT2D eigenvalue weighted by atomic mass is 35.5. The smallest absolute Gasteiger partial charge is 0.289 e. The second kappa shape index (κ2) is 4.64. The Bertz CT molecular complexity index is 756. The molecule has 3 heterocycles. The van der Waals surface area contributed by atoms with Gasteiger partial charge in [-0.1, -0.05) is 11.6 Å². The Balaban J connectivity index is 1.58. The van der Waals surface area contributed by atoms with Crippen LogP contribution in [0.15, 0.2) is 22.6 Å². The van der Waals surface area contributed by atoms with Crippen molar-refractivity contribution in [3.63, 3.8) is 0 Å². The molecule has 0 aliphatic carbocycles. The van der Waals surface area contributed by atoms with E-state index in [-0.39, 0.29) is 5.91 Å². The molecule has 1 spiro atoms. The lowest BCUT2D eigenvalue weighted by Crippen LogP contribution is -2.71. The topological polar surface area (TPSA) is 45.9 Å². The van der Waals surface area contributed by atoms with E-state index in [0.717, 1.165) is 31.6 Å². The van der Waals surface area contributed by atoms with Gasteiger partial charge in [-0.05, 0) is 19.2 Å². The molecule has 6 heteroatoms. The van der Waals surface area contributed by atoms with Crippen LogP contribution in [0.4, 0.5) is 0 Å². The van der Waals surface area contributed by atoms with E-state index in [0.29, 0.717) is 27.5 Å². The van der Waals surface area contributed by atoms with Crippen LogP contribution in [0.25, 0.3) is 11.0 Å². The van der Waals surface area contributed by atoms with Crippen molar-refractivity contribution in [1.29, 1.82) is 0 Å². The Labute approximate surface area is 133 Å². The van der Waals surface area contributed by atoms with Crippen LogP contribution in [0.5, 0.6) is 5.75 Å². The molecule has 0 saturated carbocycles. The molecule has 0 atom stereocenters. The summed E-state index contributed by atoms with van der Waals surface area (Å²) in [4.78, 5) is 16.7. The number of methoxy groups -OCH3 is 1. The molecule has 22 heavy (non-hydrogen) atoms. The van der Waals surface area contributed by atoms with Crippen LogP contribution >= 0.6 is 11.6 Å². The van der Waals surface area contributed by atoms with E-state index in [2.05, 4.69) is 11.9 Å². The number of fused-ring (bicyclic) bond motifs is 1. The number of rotatable bonds is 2. The van der Waals surface area contributed by atoms with Gasteiger partial charge in [-0.25, -0.2) is 0 Å². The number of benzene rings is 1. The number of halogens is 1. The van der Waals surface area contributed by atoms with E-state index in [1.54, 1.807) is 25.3 Å². The van der Waals surface area contributed by atoms with E-state index >= 15 is 0 Å². The number of carbonyl (C=O) groups excluding carboxylic acids is 1. The molecule has 0 unspecified atom stereocenters.